The van der Waals surface area contributed by atoms with E-state index in [0.717, 1.165) is 28.0 Å². The van der Waals surface area contributed by atoms with Gasteiger partial charge >= 0.3 is 0 Å². The molecule has 16 heavy (non-hydrogen) atoms. The number of hydrogen-bond donors (Lipinski definition) is 0. The molecule has 84 valence electrons. The monoisotopic (exact) mass is 280 g/mol. The number of aromatic nitrogens is 4. The third kappa shape index (κ3) is 1.87. The molecule has 5 heteroatoms. The molecule has 0 aliphatic rings. The molecule has 1 heterocycles. The van der Waals surface area contributed by atoms with Crippen LogP contribution < -0.4 is 0 Å². The fourth-order valence-corrected chi connectivity index (χ4v) is 2.62. The lowest BCUT2D eigenvalue weighted by atomic mass is 10.1. The molecule has 0 spiro atoms. The van der Waals surface area contributed by atoms with Gasteiger partial charge in [0.2, 0.25) is 0 Å². The van der Waals surface area contributed by atoms with Crippen molar-refractivity contribution < 1.29 is 0 Å². The first-order valence-corrected chi connectivity index (χ1v) is 5.97. The average Bonchev–Trinajstić information content (AvgIpc) is 2.64. The van der Waals surface area contributed by atoms with Crippen molar-refractivity contribution in [3.05, 3.63) is 33.6 Å². The highest BCUT2D eigenvalue weighted by atomic mass is 79.9. The van der Waals surface area contributed by atoms with Crippen LogP contribution in [0, 0.1) is 13.8 Å². The number of aryl methyl sites for hydroxylation is 3. The van der Waals surface area contributed by atoms with E-state index in [2.05, 4.69) is 57.4 Å². The second-order valence-electron chi connectivity index (χ2n) is 3.77. The van der Waals surface area contributed by atoms with E-state index in [-0.39, 0.29) is 0 Å². The Kier molecular flexibility index (Phi) is 3.05. The average molecular weight is 281 g/mol. The number of nitrogens with zero attached hydrogens (tertiary/aromatic N) is 4. The summed E-state index contributed by atoms with van der Waals surface area (Å²) in [5.74, 6) is 0.868. The standard InChI is InChI=1S/C11H13BrN4/c1-4-10-13-14-15-16(10)11-8(3)5-7(2)6-9(11)12/h5-6H,4H2,1-3H3. The van der Waals surface area contributed by atoms with Gasteiger partial charge in [-0.05, 0) is 57.4 Å². The first kappa shape index (κ1) is 11.3. The quantitative estimate of drug-likeness (QED) is 0.849. The Morgan fingerprint density at radius 2 is 2.06 bits per heavy atom. The minimum absolute atomic E-state index is 0.812. The summed E-state index contributed by atoms with van der Waals surface area (Å²) in [7, 11) is 0. The molecule has 0 aliphatic heterocycles. The van der Waals surface area contributed by atoms with Crippen LogP contribution in [0.3, 0.4) is 0 Å². The summed E-state index contributed by atoms with van der Waals surface area (Å²) in [4.78, 5) is 0. The third-order valence-electron chi connectivity index (χ3n) is 2.46. The number of halogens is 1. The van der Waals surface area contributed by atoms with Crippen molar-refractivity contribution in [3.8, 4) is 5.69 Å². The first-order chi connectivity index (χ1) is 7.63. The summed E-state index contributed by atoms with van der Waals surface area (Å²) >= 11 is 3.57. The molecular formula is C11H13BrN4. The highest BCUT2D eigenvalue weighted by molar-refractivity contribution is 9.10. The van der Waals surface area contributed by atoms with Crippen LogP contribution in [0.1, 0.15) is 23.9 Å². The second kappa shape index (κ2) is 4.33. The minimum atomic E-state index is 0.812. The van der Waals surface area contributed by atoms with Gasteiger partial charge in [0.15, 0.2) is 5.82 Å². The summed E-state index contributed by atoms with van der Waals surface area (Å²) in [5, 5.41) is 11.7. The molecule has 0 unspecified atom stereocenters. The van der Waals surface area contributed by atoms with Crippen molar-refractivity contribution >= 4 is 15.9 Å². The molecule has 0 saturated carbocycles. The third-order valence-corrected chi connectivity index (χ3v) is 3.06. The predicted molar refractivity (Wildman–Crippen MR) is 65.7 cm³/mol. The van der Waals surface area contributed by atoms with Crippen molar-refractivity contribution in [2.75, 3.05) is 0 Å². The van der Waals surface area contributed by atoms with E-state index in [1.165, 1.54) is 5.56 Å². The van der Waals surface area contributed by atoms with Crippen molar-refractivity contribution in [1.82, 2.24) is 20.2 Å². The van der Waals surface area contributed by atoms with E-state index in [0.29, 0.717) is 0 Å². The van der Waals surface area contributed by atoms with Gasteiger partial charge in [0.1, 0.15) is 0 Å². The van der Waals surface area contributed by atoms with E-state index in [9.17, 15) is 0 Å². The molecule has 0 saturated heterocycles. The van der Waals surface area contributed by atoms with Crippen LogP contribution in [-0.4, -0.2) is 20.2 Å². The fourth-order valence-electron chi connectivity index (χ4n) is 1.78. The first-order valence-electron chi connectivity index (χ1n) is 5.18. The maximum Gasteiger partial charge on any atom is 0.156 e. The molecule has 0 aliphatic carbocycles. The Morgan fingerprint density at radius 3 is 2.69 bits per heavy atom. The maximum atomic E-state index is 4.03. The Balaban J connectivity index is 2.64. The lowest BCUT2D eigenvalue weighted by Gasteiger charge is -2.10. The van der Waals surface area contributed by atoms with Gasteiger partial charge in [-0.3, -0.25) is 0 Å². The molecule has 0 N–H and O–H groups in total. The van der Waals surface area contributed by atoms with Crippen LogP contribution in [0.5, 0.6) is 0 Å². The molecule has 1 aromatic carbocycles. The zero-order valence-electron chi connectivity index (χ0n) is 9.53. The van der Waals surface area contributed by atoms with Crippen LogP contribution in [-0.2, 0) is 6.42 Å². The van der Waals surface area contributed by atoms with Crippen LogP contribution in [0.4, 0.5) is 0 Å². The lowest BCUT2D eigenvalue weighted by molar-refractivity contribution is 0.759. The number of benzene rings is 1. The largest absolute Gasteiger partial charge is 0.196 e. The van der Waals surface area contributed by atoms with E-state index in [1.807, 2.05) is 6.92 Å². The molecule has 1 aromatic heterocycles. The van der Waals surface area contributed by atoms with E-state index in [4.69, 9.17) is 0 Å². The number of rotatable bonds is 2. The Bertz CT molecular complexity index is 495. The molecule has 2 rings (SSSR count). The molecule has 0 bridgehead atoms. The highest BCUT2D eigenvalue weighted by Gasteiger charge is 2.12. The lowest BCUT2D eigenvalue weighted by Crippen LogP contribution is -2.05. The van der Waals surface area contributed by atoms with E-state index >= 15 is 0 Å². The Morgan fingerprint density at radius 1 is 1.31 bits per heavy atom. The van der Waals surface area contributed by atoms with Gasteiger partial charge < -0.3 is 0 Å². The maximum absolute atomic E-state index is 4.03. The minimum Gasteiger partial charge on any atom is -0.196 e. The fraction of sp³-hybridized carbons (Fsp3) is 0.364. The van der Waals surface area contributed by atoms with Crippen LogP contribution in [0.2, 0.25) is 0 Å². The van der Waals surface area contributed by atoms with Gasteiger partial charge in [-0.2, -0.15) is 4.68 Å². The van der Waals surface area contributed by atoms with Gasteiger partial charge in [-0.25, -0.2) is 0 Å². The van der Waals surface area contributed by atoms with Gasteiger partial charge in [0.05, 0.1) is 5.69 Å². The molecule has 0 fully saturated rings. The predicted octanol–water partition coefficient (Wildman–Crippen LogP) is 2.60. The zero-order chi connectivity index (χ0) is 11.7. The smallest absolute Gasteiger partial charge is 0.156 e. The zero-order valence-corrected chi connectivity index (χ0v) is 11.1. The SMILES string of the molecule is CCc1nnnn1-c1c(C)cc(C)cc1Br. The van der Waals surface area contributed by atoms with Crippen molar-refractivity contribution in [3.63, 3.8) is 0 Å². The normalized spacial score (nSPS) is 10.8. The molecular weight excluding hydrogens is 268 g/mol. The Labute approximate surface area is 103 Å². The highest BCUT2D eigenvalue weighted by Crippen LogP contribution is 2.26. The van der Waals surface area contributed by atoms with Gasteiger partial charge in [0.25, 0.3) is 0 Å². The summed E-state index contributed by atoms with van der Waals surface area (Å²) in [6.45, 7) is 6.18. The summed E-state index contributed by atoms with van der Waals surface area (Å²) < 4.78 is 2.81. The number of tetrazole rings is 1. The molecule has 2 aromatic rings. The van der Waals surface area contributed by atoms with Gasteiger partial charge in [-0.15, -0.1) is 5.10 Å². The van der Waals surface area contributed by atoms with E-state index in [1.54, 1.807) is 4.68 Å². The molecule has 4 nitrogen and oxygen atoms in total. The Hall–Kier alpha value is -1.23. The summed E-state index contributed by atoms with van der Waals surface area (Å²) in [5.41, 5.74) is 3.40. The molecule has 0 radical (unpaired) electrons. The van der Waals surface area contributed by atoms with Crippen LogP contribution >= 0.6 is 15.9 Å². The van der Waals surface area contributed by atoms with E-state index < -0.39 is 0 Å². The number of hydrogen-bond acceptors (Lipinski definition) is 3. The topological polar surface area (TPSA) is 43.6 Å². The van der Waals surface area contributed by atoms with Crippen molar-refractivity contribution in [2.24, 2.45) is 0 Å². The molecule has 0 atom stereocenters. The van der Waals surface area contributed by atoms with Crippen molar-refractivity contribution in [1.29, 1.82) is 0 Å². The van der Waals surface area contributed by atoms with Gasteiger partial charge in [-0.1, -0.05) is 13.0 Å². The summed E-state index contributed by atoms with van der Waals surface area (Å²) in [6.07, 6.45) is 0.812. The molecule has 0 amide bonds. The van der Waals surface area contributed by atoms with Gasteiger partial charge in [0, 0.05) is 10.9 Å². The van der Waals surface area contributed by atoms with Crippen LogP contribution in [0.15, 0.2) is 16.6 Å². The summed E-state index contributed by atoms with van der Waals surface area (Å²) in [6, 6.07) is 4.20. The van der Waals surface area contributed by atoms with Crippen molar-refractivity contribution in [2.45, 2.75) is 27.2 Å². The second-order valence-corrected chi connectivity index (χ2v) is 4.63. The van der Waals surface area contributed by atoms with Crippen LogP contribution in [0.25, 0.3) is 5.69 Å².